The summed E-state index contributed by atoms with van der Waals surface area (Å²) < 4.78 is 10.9. The van der Waals surface area contributed by atoms with Crippen molar-refractivity contribution in [3.63, 3.8) is 0 Å². The molecule has 0 heterocycles. The van der Waals surface area contributed by atoms with Crippen LogP contribution < -0.4 is 15.4 Å². The molecular weight excluding hydrogens is 344 g/mol. The number of hydrogen-bond donors (Lipinski definition) is 3. The molecule has 0 saturated carbocycles. The highest BCUT2D eigenvalue weighted by Gasteiger charge is 2.19. The number of nitrogens with one attached hydrogen (secondary N) is 2. The molecule has 154 valence electrons. The predicted octanol–water partition coefficient (Wildman–Crippen LogP) is 3.79. The summed E-state index contributed by atoms with van der Waals surface area (Å²) in [7, 11) is 0. The van der Waals surface area contributed by atoms with E-state index in [1.54, 1.807) is 0 Å². The number of hydrogen-bond acceptors (Lipinski definition) is 5. The summed E-state index contributed by atoms with van der Waals surface area (Å²) in [4.78, 5) is 11.8. The second-order valence-electron chi connectivity index (χ2n) is 8.35. The van der Waals surface area contributed by atoms with Gasteiger partial charge in [-0.1, -0.05) is 12.1 Å². The largest absolute Gasteiger partial charge is 0.491 e. The van der Waals surface area contributed by atoms with Gasteiger partial charge >= 0.3 is 6.09 Å². The van der Waals surface area contributed by atoms with Gasteiger partial charge < -0.3 is 25.2 Å². The molecule has 0 aromatic heterocycles. The van der Waals surface area contributed by atoms with Crippen LogP contribution in [0.3, 0.4) is 0 Å². The first-order chi connectivity index (χ1) is 12.5. The monoisotopic (exact) mass is 380 g/mol. The van der Waals surface area contributed by atoms with Gasteiger partial charge in [0, 0.05) is 18.6 Å². The van der Waals surface area contributed by atoms with Crippen LogP contribution in [-0.2, 0) is 4.74 Å². The zero-order valence-corrected chi connectivity index (χ0v) is 17.7. The van der Waals surface area contributed by atoms with Crippen LogP contribution in [0.2, 0.25) is 0 Å². The third-order valence-electron chi connectivity index (χ3n) is 3.74. The number of aliphatic hydroxyl groups excluding tert-OH is 1. The first kappa shape index (κ1) is 23.2. The lowest BCUT2D eigenvalue weighted by Gasteiger charge is -2.24. The molecule has 0 aliphatic heterocycles. The molecule has 6 nitrogen and oxygen atoms in total. The molecule has 0 fully saturated rings. The predicted molar refractivity (Wildman–Crippen MR) is 108 cm³/mol. The molecule has 0 radical (unpaired) electrons. The van der Waals surface area contributed by atoms with Gasteiger partial charge in [-0.25, -0.2) is 4.79 Å². The second-order valence-corrected chi connectivity index (χ2v) is 8.35. The maximum atomic E-state index is 11.8. The van der Waals surface area contributed by atoms with Crippen molar-refractivity contribution in [2.75, 3.05) is 6.54 Å². The van der Waals surface area contributed by atoms with E-state index in [-0.39, 0.29) is 18.2 Å². The van der Waals surface area contributed by atoms with Crippen molar-refractivity contribution in [2.45, 2.75) is 84.8 Å². The number of ether oxygens (including phenoxy) is 2. The standard InChI is InChI=1S/C21H36N2O4/c1-14(2)26-18-10-8-9-17(12-18)19(24)13-22-15(3)11-16(4)23-20(25)27-21(5,6)7/h8-10,12,14-16,19,22,24H,11,13H2,1-7H3,(H,23,25). The fourth-order valence-corrected chi connectivity index (χ4v) is 2.68. The Balaban J connectivity index is 2.42. The number of carbonyl (C=O) groups excluding carboxylic acids is 1. The Labute approximate surface area is 163 Å². The molecule has 27 heavy (non-hydrogen) atoms. The van der Waals surface area contributed by atoms with Crippen molar-refractivity contribution in [1.82, 2.24) is 10.6 Å². The number of rotatable bonds is 9. The first-order valence-electron chi connectivity index (χ1n) is 9.64. The third-order valence-corrected chi connectivity index (χ3v) is 3.74. The Kier molecular flexibility index (Phi) is 9.06. The Morgan fingerprint density at radius 1 is 1.15 bits per heavy atom. The van der Waals surface area contributed by atoms with E-state index in [4.69, 9.17) is 9.47 Å². The van der Waals surface area contributed by atoms with Gasteiger partial charge in [-0.05, 0) is 72.6 Å². The summed E-state index contributed by atoms with van der Waals surface area (Å²) in [6.07, 6.45) is -0.223. The molecule has 1 amide bonds. The minimum atomic E-state index is -0.628. The molecule has 0 spiro atoms. The van der Waals surface area contributed by atoms with Gasteiger partial charge in [-0.3, -0.25) is 0 Å². The summed E-state index contributed by atoms with van der Waals surface area (Å²) in [5.41, 5.74) is 0.304. The van der Waals surface area contributed by atoms with Gasteiger partial charge in [0.15, 0.2) is 0 Å². The van der Waals surface area contributed by atoms with Gasteiger partial charge in [-0.2, -0.15) is 0 Å². The average Bonchev–Trinajstić information content (AvgIpc) is 2.50. The normalized spacial score (nSPS) is 15.1. The van der Waals surface area contributed by atoms with E-state index in [2.05, 4.69) is 10.6 Å². The fourth-order valence-electron chi connectivity index (χ4n) is 2.68. The zero-order chi connectivity index (χ0) is 20.6. The van der Waals surface area contributed by atoms with E-state index in [0.29, 0.717) is 6.54 Å². The Bertz CT molecular complexity index is 584. The summed E-state index contributed by atoms with van der Waals surface area (Å²) >= 11 is 0. The van der Waals surface area contributed by atoms with Crippen molar-refractivity contribution in [2.24, 2.45) is 0 Å². The van der Waals surface area contributed by atoms with Crippen LogP contribution >= 0.6 is 0 Å². The number of alkyl carbamates (subject to hydrolysis) is 1. The maximum Gasteiger partial charge on any atom is 0.407 e. The minimum Gasteiger partial charge on any atom is -0.491 e. The van der Waals surface area contributed by atoms with Crippen LogP contribution in [0.1, 0.15) is 66.6 Å². The lowest BCUT2D eigenvalue weighted by Crippen LogP contribution is -2.41. The number of amides is 1. The first-order valence-corrected chi connectivity index (χ1v) is 9.64. The Hall–Kier alpha value is -1.79. The molecule has 0 saturated heterocycles. The second kappa shape index (κ2) is 10.5. The fraction of sp³-hybridized carbons (Fsp3) is 0.667. The highest BCUT2D eigenvalue weighted by Crippen LogP contribution is 2.20. The molecule has 1 aromatic carbocycles. The smallest absolute Gasteiger partial charge is 0.407 e. The van der Waals surface area contributed by atoms with E-state index in [0.717, 1.165) is 17.7 Å². The Morgan fingerprint density at radius 2 is 1.81 bits per heavy atom. The van der Waals surface area contributed by atoms with Crippen molar-refractivity contribution in [1.29, 1.82) is 0 Å². The van der Waals surface area contributed by atoms with E-state index in [1.165, 1.54) is 0 Å². The summed E-state index contributed by atoms with van der Waals surface area (Å²) in [5.74, 6) is 0.754. The SMILES string of the molecule is CC(CC(C)NC(=O)OC(C)(C)C)NCC(O)c1cccc(OC(C)C)c1. The molecule has 1 rings (SSSR count). The number of benzene rings is 1. The molecule has 3 atom stereocenters. The van der Waals surface area contributed by atoms with Gasteiger partial charge in [-0.15, -0.1) is 0 Å². The van der Waals surface area contributed by atoms with Crippen molar-refractivity contribution in [3.8, 4) is 5.75 Å². The van der Waals surface area contributed by atoms with Crippen LogP contribution in [0, 0.1) is 0 Å². The van der Waals surface area contributed by atoms with Gasteiger partial charge in [0.25, 0.3) is 0 Å². The highest BCUT2D eigenvalue weighted by atomic mass is 16.6. The summed E-state index contributed by atoms with van der Waals surface area (Å²) in [5, 5.41) is 16.6. The number of carbonyl (C=O) groups is 1. The lowest BCUT2D eigenvalue weighted by atomic mass is 10.1. The summed E-state index contributed by atoms with van der Waals surface area (Å²) in [6, 6.07) is 7.60. The lowest BCUT2D eigenvalue weighted by molar-refractivity contribution is 0.0503. The highest BCUT2D eigenvalue weighted by molar-refractivity contribution is 5.68. The topological polar surface area (TPSA) is 79.8 Å². The van der Waals surface area contributed by atoms with Crippen LogP contribution in [-0.4, -0.2) is 41.5 Å². The summed E-state index contributed by atoms with van der Waals surface area (Å²) in [6.45, 7) is 13.8. The zero-order valence-electron chi connectivity index (χ0n) is 17.7. The van der Waals surface area contributed by atoms with E-state index >= 15 is 0 Å². The van der Waals surface area contributed by atoms with Crippen molar-refractivity contribution < 1.29 is 19.4 Å². The molecule has 3 unspecified atom stereocenters. The van der Waals surface area contributed by atoms with E-state index in [9.17, 15) is 9.90 Å². The molecule has 0 bridgehead atoms. The maximum absolute atomic E-state index is 11.8. The third kappa shape index (κ3) is 10.2. The van der Waals surface area contributed by atoms with Crippen LogP contribution in [0.15, 0.2) is 24.3 Å². The van der Waals surface area contributed by atoms with Crippen LogP contribution in [0.5, 0.6) is 5.75 Å². The Morgan fingerprint density at radius 3 is 2.41 bits per heavy atom. The number of aliphatic hydroxyl groups is 1. The molecule has 1 aromatic rings. The molecule has 6 heteroatoms. The van der Waals surface area contributed by atoms with Crippen molar-refractivity contribution in [3.05, 3.63) is 29.8 Å². The van der Waals surface area contributed by atoms with Gasteiger partial charge in [0.1, 0.15) is 11.4 Å². The molecular formula is C21H36N2O4. The molecule has 0 aliphatic carbocycles. The molecule has 0 aliphatic rings. The average molecular weight is 381 g/mol. The van der Waals surface area contributed by atoms with Gasteiger partial charge in [0.05, 0.1) is 12.2 Å². The van der Waals surface area contributed by atoms with Crippen LogP contribution in [0.25, 0.3) is 0 Å². The minimum absolute atomic E-state index is 0.0396. The quantitative estimate of drug-likeness (QED) is 0.607. The van der Waals surface area contributed by atoms with Gasteiger partial charge in [0.2, 0.25) is 0 Å². The van der Waals surface area contributed by atoms with Crippen molar-refractivity contribution >= 4 is 6.09 Å². The molecule has 3 N–H and O–H groups in total. The van der Waals surface area contributed by atoms with E-state index in [1.807, 2.05) is 72.7 Å². The van der Waals surface area contributed by atoms with E-state index < -0.39 is 17.8 Å². The van der Waals surface area contributed by atoms with Crippen LogP contribution in [0.4, 0.5) is 4.79 Å².